The first-order valence-corrected chi connectivity index (χ1v) is 11.7. The monoisotopic (exact) mass is 414 g/mol. The van der Waals surface area contributed by atoms with E-state index in [9.17, 15) is 0 Å². The predicted octanol–water partition coefficient (Wildman–Crippen LogP) is 6.56. The van der Waals surface area contributed by atoms with Gasteiger partial charge in [0.15, 0.2) is 0 Å². The van der Waals surface area contributed by atoms with Gasteiger partial charge in [-0.1, -0.05) is 44.7 Å². The molecule has 0 amide bonds. The van der Waals surface area contributed by atoms with Crippen molar-refractivity contribution in [3.63, 3.8) is 0 Å². The molecule has 3 nitrogen and oxygen atoms in total. The zero-order valence-corrected chi connectivity index (χ0v) is 19.9. The summed E-state index contributed by atoms with van der Waals surface area (Å²) < 4.78 is 18.0. The summed E-state index contributed by atoms with van der Waals surface area (Å²) in [5.74, 6) is 0.429. The minimum absolute atomic E-state index is 0.204. The van der Waals surface area contributed by atoms with Crippen LogP contribution in [-0.2, 0) is 14.2 Å². The van der Waals surface area contributed by atoms with Gasteiger partial charge < -0.3 is 14.2 Å². The molecule has 0 aromatic heterocycles. The van der Waals surface area contributed by atoms with Gasteiger partial charge in [0, 0.05) is 14.2 Å². The van der Waals surface area contributed by atoms with Crippen LogP contribution in [0.5, 0.6) is 0 Å². The van der Waals surface area contributed by atoms with Crippen LogP contribution in [0.4, 0.5) is 0 Å². The van der Waals surface area contributed by atoms with Crippen molar-refractivity contribution in [3.8, 4) is 0 Å². The second kappa shape index (κ2) is 9.54. The van der Waals surface area contributed by atoms with Crippen LogP contribution in [0.25, 0.3) is 0 Å². The summed E-state index contributed by atoms with van der Waals surface area (Å²) in [5.41, 5.74) is 3.98. The van der Waals surface area contributed by atoms with Gasteiger partial charge in [0.05, 0.1) is 24.4 Å². The van der Waals surface area contributed by atoms with Gasteiger partial charge in [0.2, 0.25) is 0 Å². The zero-order chi connectivity index (χ0) is 21.8. The Labute approximate surface area is 184 Å². The number of fused-ring (bicyclic) bond motifs is 2. The standard InChI is InChI=1S/C27H42O3/c1-7-9-23(16-21(2)22-10-14-25(3,4)15-11-22)24-17-26(19-28-5)12-8-13-27(18-24,30-26)20-29-6/h7,9-10,16,24H,2,8,11-15,17-20H2,1,3-6H3/b9-7-,23-16+/t24?,26-,27+. The molecule has 3 aliphatic rings. The van der Waals surface area contributed by atoms with Crippen molar-refractivity contribution in [3.05, 3.63) is 47.6 Å². The van der Waals surface area contributed by atoms with Crippen LogP contribution in [0.15, 0.2) is 47.6 Å². The van der Waals surface area contributed by atoms with Crippen LogP contribution in [0, 0.1) is 11.3 Å². The number of ether oxygens (including phenoxy) is 3. The minimum Gasteiger partial charge on any atom is -0.382 e. The van der Waals surface area contributed by atoms with Crippen molar-refractivity contribution < 1.29 is 14.2 Å². The molecular weight excluding hydrogens is 372 g/mol. The second-order valence-electron chi connectivity index (χ2n) is 10.6. The van der Waals surface area contributed by atoms with Gasteiger partial charge in [-0.3, -0.25) is 0 Å². The third kappa shape index (κ3) is 5.36. The number of methoxy groups -OCH3 is 2. The van der Waals surface area contributed by atoms with Crippen LogP contribution in [-0.4, -0.2) is 38.6 Å². The molecule has 2 heterocycles. The highest BCUT2D eigenvalue weighted by Crippen LogP contribution is 2.50. The molecule has 30 heavy (non-hydrogen) atoms. The SMILES string of the molecule is C=C(/C=C(\C=C/C)C1C[C@@]2(COC)CCC[C@@](COC)(C1)O2)C1=CCC(C)(C)CC1. The zero-order valence-electron chi connectivity index (χ0n) is 19.9. The van der Waals surface area contributed by atoms with E-state index in [0.29, 0.717) is 24.5 Å². The Hall–Kier alpha value is -1.16. The van der Waals surface area contributed by atoms with E-state index in [-0.39, 0.29) is 11.2 Å². The molecule has 2 fully saturated rings. The normalized spacial score (nSPS) is 34.1. The van der Waals surface area contributed by atoms with Crippen molar-refractivity contribution in [2.75, 3.05) is 27.4 Å². The summed E-state index contributed by atoms with van der Waals surface area (Å²) in [4.78, 5) is 0. The van der Waals surface area contributed by atoms with E-state index in [1.54, 1.807) is 14.2 Å². The smallest absolute Gasteiger partial charge is 0.0929 e. The molecule has 2 saturated heterocycles. The van der Waals surface area contributed by atoms with E-state index in [1.807, 2.05) is 0 Å². The number of hydrogen-bond donors (Lipinski definition) is 0. The molecule has 1 unspecified atom stereocenters. The summed E-state index contributed by atoms with van der Waals surface area (Å²) >= 11 is 0. The highest BCUT2D eigenvalue weighted by Gasteiger charge is 2.52. The van der Waals surface area contributed by atoms with Crippen LogP contribution in [0.3, 0.4) is 0 Å². The molecule has 0 radical (unpaired) electrons. The largest absolute Gasteiger partial charge is 0.382 e. The second-order valence-corrected chi connectivity index (χ2v) is 10.6. The van der Waals surface area contributed by atoms with Crippen LogP contribution in [0.2, 0.25) is 0 Å². The quantitative estimate of drug-likeness (QED) is 0.421. The number of rotatable bonds is 8. The van der Waals surface area contributed by atoms with Gasteiger partial charge >= 0.3 is 0 Å². The molecule has 3 rings (SSSR count). The fourth-order valence-corrected chi connectivity index (χ4v) is 5.79. The Kier molecular flexibility index (Phi) is 7.48. The molecular formula is C27H42O3. The Bertz CT molecular complexity index is 684. The third-order valence-electron chi connectivity index (χ3n) is 7.31. The van der Waals surface area contributed by atoms with Crippen LogP contribution < -0.4 is 0 Å². The molecule has 2 aliphatic heterocycles. The third-order valence-corrected chi connectivity index (χ3v) is 7.31. The summed E-state index contributed by atoms with van der Waals surface area (Å²) in [7, 11) is 3.58. The molecule has 3 heteroatoms. The number of allylic oxidation sites excluding steroid dienone is 7. The Morgan fingerprint density at radius 2 is 1.77 bits per heavy atom. The highest BCUT2D eigenvalue weighted by atomic mass is 16.6. The molecule has 2 bridgehead atoms. The maximum Gasteiger partial charge on any atom is 0.0929 e. The molecule has 0 saturated carbocycles. The van der Waals surface area contributed by atoms with Crippen molar-refractivity contribution in [1.82, 2.24) is 0 Å². The highest BCUT2D eigenvalue weighted by molar-refractivity contribution is 5.43. The van der Waals surface area contributed by atoms with E-state index in [0.717, 1.165) is 38.5 Å². The molecule has 0 spiro atoms. The fraction of sp³-hybridized carbons (Fsp3) is 0.704. The lowest BCUT2D eigenvalue weighted by Gasteiger charge is -2.54. The average Bonchev–Trinajstić information content (AvgIpc) is 2.67. The van der Waals surface area contributed by atoms with Crippen molar-refractivity contribution in [2.45, 2.75) is 83.3 Å². The molecule has 168 valence electrons. The minimum atomic E-state index is -0.204. The van der Waals surface area contributed by atoms with E-state index < -0.39 is 0 Å². The van der Waals surface area contributed by atoms with Gasteiger partial charge in [-0.05, 0) is 86.3 Å². The first-order valence-electron chi connectivity index (χ1n) is 11.7. The molecule has 1 aliphatic carbocycles. The van der Waals surface area contributed by atoms with E-state index in [1.165, 1.54) is 29.6 Å². The summed E-state index contributed by atoms with van der Waals surface area (Å²) in [5, 5.41) is 0. The lowest BCUT2D eigenvalue weighted by molar-refractivity contribution is -0.258. The predicted molar refractivity (Wildman–Crippen MR) is 125 cm³/mol. The summed E-state index contributed by atoms with van der Waals surface area (Å²) in [6.07, 6.45) is 18.0. The fourth-order valence-electron chi connectivity index (χ4n) is 5.79. The van der Waals surface area contributed by atoms with Gasteiger partial charge in [-0.25, -0.2) is 0 Å². The van der Waals surface area contributed by atoms with Gasteiger partial charge in [0.25, 0.3) is 0 Å². The van der Waals surface area contributed by atoms with Crippen LogP contribution >= 0.6 is 0 Å². The summed E-state index contributed by atoms with van der Waals surface area (Å²) in [6, 6.07) is 0. The van der Waals surface area contributed by atoms with E-state index in [2.05, 4.69) is 51.7 Å². The van der Waals surface area contributed by atoms with Crippen LogP contribution in [0.1, 0.15) is 72.1 Å². The van der Waals surface area contributed by atoms with E-state index in [4.69, 9.17) is 14.2 Å². The van der Waals surface area contributed by atoms with Gasteiger partial charge in [0.1, 0.15) is 0 Å². The molecule has 0 N–H and O–H groups in total. The molecule has 0 aromatic carbocycles. The van der Waals surface area contributed by atoms with Crippen molar-refractivity contribution >= 4 is 0 Å². The number of hydrogen-bond acceptors (Lipinski definition) is 3. The first-order chi connectivity index (χ1) is 14.3. The molecule has 0 aromatic rings. The van der Waals surface area contributed by atoms with Gasteiger partial charge in [-0.2, -0.15) is 0 Å². The Morgan fingerprint density at radius 3 is 2.27 bits per heavy atom. The maximum absolute atomic E-state index is 6.75. The topological polar surface area (TPSA) is 27.7 Å². The van der Waals surface area contributed by atoms with E-state index >= 15 is 0 Å². The van der Waals surface area contributed by atoms with Crippen molar-refractivity contribution in [1.29, 1.82) is 0 Å². The van der Waals surface area contributed by atoms with Crippen molar-refractivity contribution in [2.24, 2.45) is 11.3 Å². The summed E-state index contributed by atoms with van der Waals surface area (Å²) in [6.45, 7) is 12.6. The molecule has 3 atom stereocenters. The first kappa shape index (κ1) is 23.5. The van der Waals surface area contributed by atoms with Gasteiger partial charge in [-0.15, -0.1) is 0 Å². The Balaban J connectivity index is 1.88. The lowest BCUT2D eigenvalue weighted by Crippen LogP contribution is -2.58. The Morgan fingerprint density at radius 1 is 1.13 bits per heavy atom. The lowest BCUT2D eigenvalue weighted by atomic mass is 9.68. The average molecular weight is 415 g/mol. The maximum atomic E-state index is 6.75.